The summed E-state index contributed by atoms with van der Waals surface area (Å²) in [5, 5.41) is 6.81. The molecule has 0 unspecified atom stereocenters. The Morgan fingerprint density at radius 2 is 1.88 bits per heavy atom. The van der Waals surface area contributed by atoms with Crippen molar-refractivity contribution in [1.29, 1.82) is 0 Å². The molecule has 0 aliphatic heterocycles. The van der Waals surface area contributed by atoms with Crippen molar-refractivity contribution in [2.45, 2.75) is 52.1 Å². The molecule has 1 aromatic carbocycles. The van der Waals surface area contributed by atoms with Gasteiger partial charge in [-0.2, -0.15) is 0 Å². The maximum atomic E-state index is 5.85. The highest BCUT2D eigenvalue weighted by atomic mass is 127. The minimum Gasteiger partial charge on any atom is -0.439 e. The Hall–Kier alpha value is -1.57. The summed E-state index contributed by atoms with van der Waals surface area (Å²) >= 11 is 0. The maximum Gasteiger partial charge on any atom is 0.214 e. The van der Waals surface area contributed by atoms with Crippen molar-refractivity contribution < 1.29 is 4.42 Å². The molecule has 1 aliphatic rings. The second-order valence-electron chi connectivity index (χ2n) is 7.01. The molecule has 1 saturated carbocycles. The lowest BCUT2D eigenvalue weighted by Gasteiger charge is -2.28. The van der Waals surface area contributed by atoms with Crippen LogP contribution in [-0.4, -0.2) is 24.0 Å². The van der Waals surface area contributed by atoms with Crippen molar-refractivity contribution >= 4 is 29.9 Å². The number of guanidine groups is 1. The molecule has 0 atom stereocenters. The van der Waals surface area contributed by atoms with Crippen LogP contribution in [0.2, 0.25) is 0 Å². The van der Waals surface area contributed by atoms with Crippen LogP contribution in [0.4, 0.5) is 0 Å². The quantitative estimate of drug-likeness (QED) is 0.394. The maximum absolute atomic E-state index is 5.85. The van der Waals surface area contributed by atoms with E-state index in [0.29, 0.717) is 18.5 Å². The number of aryl methyl sites for hydroxylation is 1. The van der Waals surface area contributed by atoms with Gasteiger partial charge >= 0.3 is 0 Å². The van der Waals surface area contributed by atoms with E-state index in [1.54, 1.807) is 13.2 Å². The molecule has 1 aromatic heterocycles. The Morgan fingerprint density at radius 1 is 1.19 bits per heavy atom. The van der Waals surface area contributed by atoms with Gasteiger partial charge in [-0.1, -0.05) is 36.8 Å². The number of hydrogen-bond donors (Lipinski definition) is 2. The molecule has 0 radical (unpaired) electrons. The molecule has 0 amide bonds. The lowest BCUT2D eigenvalue weighted by atomic mass is 9.87. The van der Waals surface area contributed by atoms with Gasteiger partial charge in [0.1, 0.15) is 0 Å². The van der Waals surface area contributed by atoms with Gasteiger partial charge in [-0.05, 0) is 38.5 Å². The van der Waals surface area contributed by atoms with Gasteiger partial charge in [-0.3, -0.25) is 4.99 Å². The Labute approximate surface area is 173 Å². The molecule has 0 saturated heterocycles. The fraction of sp³-hybridized carbons (Fsp3) is 0.500. The van der Waals surface area contributed by atoms with Crippen LogP contribution >= 0.6 is 24.0 Å². The van der Waals surface area contributed by atoms with Crippen LogP contribution in [0.5, 0.6) is 0 Å². The minimum atomic E-state index is 0. The van der Waals surface area contributed by atoms with Crippen LogP contribution in [0, 0.1) is 12.8 Å². The smallest absolute Gasteiger partial charge is 0.214 e. The fourth-order valence-electron chi connectivity index (χ4n) is 3.20. The van der Waals surface area contributed by atoms with E-state index in [1.807, 2.05) is 0 Å². The predicted molar refractivity (Wildman–Crippen MR) is 117 cm³/mol. The van der Waals surface area contributed by atoms with Gasteiger partial charge in [0.25, 0.3) is 0 Å². The Kier molecular flexibility index (Phi) is 7.93. The topological polar surface area (TPSA) is 62.5 Å². The number of aliphatic imine (C=N–C) groups is 1. The number of benzene rings is 1. The summed E-state index contributed by atoms with van der Waals surface area (Å²) in [5.74, 6) is 3.12. The van der Waals surface area contributed by atoms with Crippen LogP contribution in [0.25, 0.3) is 11.3 Å². The van der Waals surface area contributed by atoms with E-state index in [9.17, 15) is 0 Å². The zero-order chi connectivity index (χ0) is 17.6. The van der Waals surface area contributed by atoms with E-state index >= 15 is 0 Å². The van der Waals surface area contributed by atoms with Crippen molar-refractivity contribution in [2.75, 3.05) is 7.05 Å². The standard InChI is InChI=1S/C20H28N4O.HI/c1-14-4-8-16(9-5-14)18-12-22-19(25-18)13-23-20(21-3)24-17-10-6-15(2)7-11-17;/h4-5,8-9,12,15,17H,6-7,10-11,13H2,1-3H3,(H2,21,23,24);1H. The highest BCUT2D eigenvalue weighted by molar-refractivity contribution is 14.0. The normalized spacial score (nSPS) is 20.3. The molecule has 142 valence electrons. The van der Waals surface area contributed by atoms with Crippen molar-refractivity contribution in [2.24, 2.45) is 10.9 Å². The molecular weight excluding hydrogens is 439 g/mol. The molecule has 3 rings (SSSR count). The highest BCUT2D eigenvalue weighted by Gasteiger charge is 2.19. The summed E-state index contributed by atoms with van der Waals surface area (Å²) < 4.78 is 5.85. The zero-order valence-electron chi connectivity index (χ0n) is 15.8. The van der Waals surface area contributed by atoms with Gasteiger partial charge in [-0.25, -0.2) is 4.98 Å². The van der Waals surface area contributed by atoms with Gasteiger partial charge in [0, 0.05) is 18.7 Å². The molecule has 6 heteroatoms. The van der Waals surface area contributed by atoms with Crippen LogP contribution in [-0.2, 0) is 6.54 Å². The van der Waals surface area contributed by atoms with Crippen molar-refractivity contribution in [3.05, 3.63) is 41.9 Å². The molecule has 0 bridgehead atoms. The Morgan fingerprint density at radius 3 is 2.54 bits per heavy atom. The summed E-state index contributed by atoms with van der Waals surface area (Å²) in [6, 6.07) is 8.77. The Bertz CT molecular complexity index is 703. The average Bonchev–Trinajstić information content (AvgIpc) is 3.10. The van der Waals surface area contributed by atoms with Gasteiger partial charge < -0.3 is 15.1 Å². The summed E-state index contributed by atoms with van der Waals surface area (Å²) in [7, 11) is 1.80. The second-order valence-corrected chi connectivity index (χ2v) is 7.01. The van der Waals surface area contributed by atoms with Crippen molar-refractivity contribution in [3.63, 3.8) is 0 Å². The first kappa shape index (κ1) is 20.7. The van der Waals surface area contributed by atoms with Gasteiger partial charge in [0.15, 0.2) is 11.7 Å². The SMILES string of the molecule is CN=C(NCc1ncc(-c2ccc(C)cc2)o1)NC1CCC(C)CC1.I. The van der Waals surface area contributed by atoms with Crippen molar-refractivity contribution in [3.8, 4) is 11.3 Å². The van der Waals surface area contributed by atoms with Crippen LogP contribution in [0.15, 0.2) is 39.9 Å². The summed E-state index contributed by atoms with van der Waals surface area (Å²) in [4.78, 5) is 8.68. The largest absolute Gasteiger partial charge is 0.439 e. The highest BCUT2D eigenvalue weighted by Crippen LogP contribution is 2.23. The van der Waals surface area contributed by atoms with Crippen LogP contribution in [0.3, 0.4) is 0 Å². The average molecular weight is 468 g/mol. The Balaban J connectivity index is 0.00000243. The first-order chi connectivity index (χ1) is 12.1. The molecule has 0 spiro atoms. The number of oxazole rings is 1. The molecule has 2 aromatic rings. The van der Waals surface area contributed by atoms with E-state index in [4.69, 9.17) is 4.42 Å². The number of halogens is 1. The van der Waals surface area contributed by atoms with Gasteiger partial charge in [-0.15, -0.1) is 24.0 Å². The van der Waals surface area contributed by atoms with Crippen LogP contribution in [0.1, 0.15) is 44.1 Å². The third-order valence-corrected chi connectivity index (χ3v) is 4.88. The number of rotatable bonds is 4. The number of nitrogens with zero attached hydrogens (tertiary/aromatic N) is 2. The first-order valence-corrected chi connectivity index (χ1v) is 9.13. The molecule has 5 nitrogen and oxygen atoms in total. The fourth-order valence-corrected chi connectivity index (χ4v) is 3.20. The summed E-state index contributed by atoms with van der Waals surface area (Å²) in [6.45, 7) is 4.93. The number of aromatic nitrogens is 1. The molecular formula is C20H29IN4O. The molecule has 1 fully saturated rings. The lowest BCUT2D eigenvalue weighted by molar-refractivity contribution is 0.329. The molecule has 1 aliphatic carbocycles. The third-order valence-electron chi connectivity index (χ3n) is 4.88. The molecule has 2 N–H and O–H groups in total. The van der Waals surface area contributed by atoms with E-state index in [2.05, 4.69) is 58.7 Å². The van der Waals surface area contributed by atoms with E-state index in [1.165, 1.54) is 31.2 Å². The molecule has 1 heterocycles. The predicted octanol–water partition coefficient (Wildman–Crippen LogP) is 4.51. The number of hydrogen-bond acceptors (Lipinski definition) is 3. The van der Waals surface area contributed by atoms with E-state index in [-0.39, 0.29) is 24.0 Å². The second kappa shape index (κ2) is 9.94. The van der Waals surface area contributed by atoms with Gasteiger partial charge in [0.2, 0.25) is 5.89 Å². The number of nitrogens with one attached hydrogen (secondary N) is 2. The monoisotopic (exact) mass is 468 g/mol. The lowest BCUT2D eigenvalue weighted by Crippen LogP contribution is -2.44. The van der Waals surface area contributed by atoms with Gasteiger partial charge in [0.05, 0.1) is 12.7 Å². The minimum absolute atomic E-state index is 0. The first-order valence-electron chi connectivity index (χ1n) is 9.13. The third kappa shape index (κ3) is 5.72. The summed E-state index contributed by atoms with van der Waals surface area (Å²) in [6.07, 6.45) is 6.76. The zero-order valence-corrected chi connectivity index (χ0v) is 18.1. The van der Waals surface area contributed by atoms with E-state index < -0.39 is 0 Å². The van der Waals surface area contributed by atoms with Crippen molar-refractivity contribution in [1.82, 2.24) is 15.6 Å². The summed E-state index contributed by atoms with van der Waals surface area (Å²) in [5.41, 5.74) is 2.28. The van der Waals surface area contributed by atoms with E-state index in [0.717, 1.165) is 23.2 Å². The molecule has 26 heavy (non-hydrogen) atoms. The van der Waals surface area contributed by atoms with Crippen LogP contribution < -0.4 is 10.6 Å².